The van der Waals surface area contributed by atoms with Crippen molar-refractivity contribution in [3.63, 3.8) is 0 Å². The van der Waals surface area contributed by atoms with Gasteiger partial charge in [-0.25, -0.2) is 4.98 Å². The lowest BCUT2D eigenvalue weighted by molar-refractivity contribution is 0.0996. The predicted octanol–water partition coefficient (Wildman–Crippen LogP) is 1.24. The summed E-state index contributed by atoms with van der Waals surface area (Å²) in [5.74, 6) is -0.631. The van der Waals surface area contributed by atoms with Crippen LogP contribution in [-0.2, 0) is 0 Å². The van der Waals surface area contributed by atoms with E-state index in [1.807, 2.05) is 6.07 Å². The number of aromatic amines is 1. The number of pyridine rings is 1. The molecule has 1 aliphatic rings. The molecule has 1 aliphatic heterocycles. The second-order valence-electron chi connectivity index (χ2n) is 5.08. The molecule has 1 atom stereocenters. The molecular weight excluding hydrogens is 278 g/mol. The molecule has 0 aliphatic carbocycles. The molecule has 2 aromatic heterocycles. The average molecular weight is 294 g/mol. The highest BCUT2D eigenvalue weighted by molar-refractivity contribution is 6.37. The number of piperidine rings is 1. The Morgan fingerprint density at radius 1 is 1.55 bits per heavy atom. The number of hydrogen-bond acceptors (Lipinski definition) is 4. The molecule has 20 heavy (non-hydrogen) atoms. The lowest BCUT2D eigenvalue weighted by atomic mass is 10.0. The van der Waals surface area contributed by atoms with Crippen molar-refractivity contribution < 1.29 is 4.79 Å². The zero-order valence-corrected chi connectivity index (χ0v) is 11.7. The smallest absolute Gasteiger partial charge is 0.269 e. The van der Waals surface area contributed by atoms with Crippen LogP contribution in [0, 0.1) is 0 Å². The predicted molar refractivity (Wildman–Crippen MR) is 79.0 cm³/mol. The van der Waals surface area contributed by atoms with Crippen molar-refractivity contribution in [3.05, 3.63) is 23.0 Å². The summed E-state index contributed by atoms with van der Waals surface area (Å²) in [5.41, 5.74) is 12.9. The van der Waals surface area contributed by atoms with Gasteiger partial charge in [-0.05, 0) is 18.9 Å². The topological polar surface area (TPSA) is 101 Å². The second kappa shape index (κ2) is 4.96. The summed E-state index contributed by atoms with van der Waals surface area (Å²) in [5, 5.41) is 1.19. The third-order valence-corrected chi connectivity index (χ3v) is 3.99. The molecule has 2 aromatic rings. The van der Waals surface area contributed by atoms with E-state index < -0.39 is 5.91 Å². The van der Waals surface area contributed by atoms with Gasteiger partial charge in [-0.15, -0.1) is 0 Å². The summed E-state index contributed by atoms with van der Waals surface area (Å²) in [6, 6.07) is 2.01. The third-order valence-electron chi connectivity index (χ3n) is 3.63. The van der Waals surface area contributed by atoms with Gasteiger partial charge in [0.15, 0.2) is 5.69 Å². The van der Waals surface area contributed by atoms with E-state index in [0.29, 0.717) is 17.2 Å². The largest absolute Gasteiger partial charge is 0.368 e. The normalized spacial score (nSPS) is 19.5. The van der Waals surface area contributed by atoms with Gasteiger partial charge in [-0.1, -0.05) is 11.6 Å². The van der Waals surface area contributed by atoms with Crippen molar-refractivity contribution >= 4 is 34.2 Å². The molecule has 1 fully saturated rings. The number of fused-ring (bicyclic) bond motifs is 1. The quantitative estimate of drug-likeness (QED) is 0.775. The molecule has 6 nitrogen and oxygen atoms in total. The van der Waals surface area contributed by atoms with E-state index in [4.69, 9.17) is 23.1 Å². The highest BCUT2D eigenvalue weighted by Crippen LogP contribution is 2.36. The van der Waals surface area contributed by atoms with Crippen molar-refractivity contribution in [1.82, 2.24) is 9.97 Å². The number of amides is 1. The Labute approximate surface area is 121 Å². The van der Waals surface area contributed by atoms with Gasteiger partial charge in [0.2, 0.25) is 0 Å². The minimum atomic E-state index is -0.631. The van der Waals surface area contributed by atoms with Crippen LogP contribution in [0.3, 0.4) is 0 Å². The molecule has 7 heteroatoms. The fraction of sp³-hybridized carbons (Fsp3) is 0.385. The van der Waals surface area contributed by atoms with Crippen LogP contribution in [0.25, 0.3) is 11.0 Å². The first kappa shape index (κ1) is 13.2. The number of halogens is 1. The molecule has 0 unspecified atom stereocenters. The van der Waals surface area contributed by atoms with Gasteiger partial charge in [0.25, 0.3) is 5.91 Å². The fourth-order valence-electron chi connectivity index (χ4n) is 2.72. The number of rotatable bonds is 2. The van der Waals surface area contributed by atoms with Crippen molar-refractivity contribution in [2.24, 2.45) is 11.5 Å². The summed E-state index contributed by atoms with van der Waals surface area (Å²) in [4.78, 5) is 20.8. The highest BCUT2D eigenvalue weighted by atomic mass is 35.5. The molecule has 0 spiro atoms. The number of aromatic nitrogens is 2. The Morgan fingerprint density at radius 3 is 3.05 bits per heavy atom. The Kier molecular flexibility index (Phi) is 3.27. The maximum atomic E-state index is 11.5. The summed E-state index contributed by atoms with van der Waals surface area (Å²) < 4.78 is 0. The summed E-state index contributed by atoms with van der Waals surface area (Å²) in [6.45, 7) is 1.57. The number of nitrogens with zero attached hydrogens (tertiary/aromatic N) is 2. The van der Waals surface area contributed by atoms with E-state index in [9.17, 15) is 4.79 Å². The first-order valence-corrected chi connectivity index (χ1v) is 6.92. The van der Waals surface area contributed by atoms with E-state index in [-0.39, 0.29) is 11.7 Å². The molecule has 0 saturated carbocycles. The monoisotopic (exact) mass is 293 g/mol. The van der Waals surface area contributed by atoms with Gasteiger partial charge in [-0.2, -0.15) is 0 Å². The van der Waals surface area contributed by atoms with Crippen LogP contribution in [-0.4, -0.2) is 35.0 Å². The number of nitrogens with one attached hydrogen (secondary N) is 1. The zero-order chi connectivity index (χ0) is 14.3. The van der Waals surface area contributed by atoms with Crippen molar-refractivity contribution in [1.29, 1.82) is 0 Å². The van der Waals surface area contributed by atoms with Crippen LogP contribution in [0.5, 0.6) is 0 Å². The summed E-state index contributed by atoms with van der Waals surface area (Å²) >= 11 is 6.36. The maximum Gasteiger partial charge on any atom is 0.269 e. The second-order valence-corrected chi connectivity index (χ2v) is 5.45. The number of primary amides is 1. The minimum Gasteiger partial charge on any atom is -0.368 e. The van der Waals surface area contributed by atoms with Gasteiger partial charge in [0, 0.05) is 30.7 Å². The highest BCUT2D eigenvalue weighted by Gasteiger charge is 2.25. The van der Waals surface area contributed by atoms with Gasteiger partial charge >= 0.3 is 0 Å². The molecule has 0 aromatic carbocycles. The van der Waals surface area contributed by atoms with Crippen molar-refractivity contribution in [2.75, 3.05) is 18.0 Å². The Bertz CT molecular complexity index is 668. The number of carbonyl (C=O) groups excluding carboxylic acids is 1. The fourth-order valence-corrected chi connectivity index (χ4v) is 3.08. The minimum absolute atomic E-state index is 0.0933. The Hall–Kier alpha value is -1.79. The molecule has 5 N–H and O–H groups in total. The van der Waals surface area contributed by atoms with Crippen LogP contribution in [0.1, 0.15) is 23.3 Å². The third kappa shape index (κ3) is 2.10. The van der Waals surface area contributed by atoms with Gasteiger partial charge in [0.1, 0.15) is 5.65 Å². The van der Waals surface area contributed by atoms with E-state index in [0.717, 1.165) is 30.5 Å². The van der Waals surface area contributed by atoms with Gasteiger partial charge < -0.3 is 21.4 Å². The Morgan fingerprint density at radius 2 is 2.35 bits per heavy atom. The van der Waals surface area contributed by atoms with Crippen LogP contribution >= 0.6 is 11.6 Å². The van der Waals surface area contributed by atoms with E-state index >= 15 is 0 Å². The first-order valence-electron chi connectivity index (χ1n) is 6.55. The molecule has 0 radical (unpaired) electrons. The number of carbonyl (C=O) groups is 1. The van der Waals surface area contributed by atoms with E-state index in [1.54, 1.807) is 6.20 Å². The molecule has 1 saturated heterocycles. The lowest BCUT2D eigenvalue weighted by Gasteiger charge is -2.33. The number of nitrogens with two attached hydrogens (primary N) is 2. The number of anilines is 1. The zero-order valence-electron chi connectivity index (χ0n) is 10.9. The van der Waals surface area contributed by atoms with E-state index in [1.165, 1.54) is 0 Å². The van der Waals surface area contributed by atoms with Crippen molar-refractivity contribution in [2.45, 2.75) is 18.9 Å². The lowest BCUT2D eigenvalue weighted by Crippen LogP contribution is -2.43. The molecule has 3 rings (SSSR count). The van der Waals surface area contributed by atoms with Crippen LogP contribution in [0.15, 0.2) is 12.3 Å². The molecule has 0 bridgehead atoms. The van der Waals surface area contributed by atoms with Crippen molar-refractivity contribution in [3.8, 4) is 0 Å². The number of H-pyrrole nitrogens is 1. The van der Waals surface area contributed by atoms with Gasteiger partial charge in [0.05, 0.1) is 10.7 Å². The number of hydrogen-bond donors (Lipinski definition) is 3. The van der Waals surface area contributed by atoms with Gasteiger partial charge in [-0.3, -0.25) is 4.79 Å². The maximum absolute atomic E-state index is 11.5. The van der Waals surface area contributed by atoms with E-state index in [2.05, 4.69) is 14.9 Å². The van der Waals surface area contributed by atoms with Crippen LogP contribution in [0.2, 0.25) is 5.02 Å². The molecule has 1 amide bonds. The van der Waals surface area contributed by atoms with Crippen LogP contribution < -0.4 is 16.4 Å². The standard InChI is InChI=1S/C13H16ClN5O/c14-9-10(12(16)20)18-13-8(3-4-17-13)11(9)19-5-1-2-7(15)6-19/h3-4,7H,1-2,5-6,15H2,(H2,16,20)(H,17,18)/t7-/m1/s1. The molecule has 106 valence electrons. The Balaban J connectivity index is 2.19. The van der Waals surface area contributed by atoms with Crippen LogP contribution in [0.4, 0.5) is 5.69 Å². The molecule has 3 heterocycles. The average Bonchev–Trinajstić information content (AvgIpc) is 2.85. The molecular formula is C13H16ClN5O. The summed E-state index contributed by atoms with van der Waals surface area (Å²) in [7, 11) is 0. The summed E-state index contributed by atoms with van der Waals surface area (Å²) in [6.07, 6.45) is 3.77. The first-order chi connectivity index (χ1) is 9.58. The SMILES string of the molecule is NC(=O)c1nc2[nH]ccc2c(N2CCC[C@@H](N)C2)c1Cl.